The van der Waals surface area contributed by atoms with Gasteiger partial charge in [0, 0.05) is 43.3 Å². The summed E-state index contributed by atoms with van der Waals surface area (Å²) < 4.78 is 0. The van der Waals surface area contributed by atoms with Crippen molar-refractivity contribution in [3.63, 3.8) is 0 Å². The standard InChI is InChI=1S/C36H50N8O6S/c37-15-5-14-31(45)41-27(20-25-11-7-17-51-25)33(47)43-21-24-10-2-1-8-22(24)18-30(43)34(48)44-28-13-4-3-9-23(28)19-29(44)32(46)42-26(35(49)50)12-6-16-40-36(38)39/h1-2,7-8,10-11,17,23,26-30H,3-6,9,12-16,18-21,37H2,(H,41,45)(H,42,46)(H,49,50)(H4,38,39,40)/t23-,26-,27-,28-,29-,30+/m0/s1. The molecule has 0 spiro atoms. The summed E-state index contributed by atoms with van der Waals surface area (Å²) in [4.78, 5) is 76.8. The van der Waals surface area contributed by atoms with Crippen LogP contribution in [0.1, 0.15) is 73.8 Å². The molecule has 1 saturated carbocycles. The monoisotopic (exact) mass is 722 g/mol. The van der Waals surface area contributed by atoms with Gasteiger partial charge in [-0.3, -0.25) is 24.2 Å². The molecule has 2 aliphatic heterocycles. The quantitative estimate of drug-likeness (QED) is 0.0882. The van der Waals surface area contributed by atoms with Gasteiger partial charge in [0.1, 0.15) is 24.2 Å². The van der Waals surface area contributed by atoms with Gasteiger partial charge in [-0.25, -0.2) is 4.79 Å². The molecule has 0 bridgehead atoms. The largest absolute Gasteiger partial charge is 0.480 e. The molecule has 3 aliphatic rings. The number of aliphatic carboxylic acids is 1. The first kappa shape index (κ1) is 37.7. The number of guanidine groups is 1. The Morgan fingerprint density at radius 1 is 0.961 bits per heavy atom. The first-order chi connectivity index (χ1) is 24.6. The zero-order valence-electron chi connectivity index (χ0n) is 28.9. The molecule has 4 amide bonds. The van der Waals surface area contributed by atoms with Crippen LogP contribution in [0.4, 0.5) is 0 Å². The van der Waals surface area contributed by atoms with E-state index >= 15 is 0 Å². The molecule has 3 heterocycles. The van der Waals surface area contributed by atoms with E-state index in [4.69, 9.17) is 17.2 Å². The number of likely N-dealkylation sites (tertiary alicyclic amines) is 1. The highest BCUT2D eigenvalue weighted by Crippen LogP contribution is 2.41. The fraction of sp³-hybridized carbons (Fsp3) is 0.556. The number of hydrogen-bond acceptors (Lipinski definition) is 8. The van der Waals surface area contributed by atoms with E-state index in [1.165, 1.54) is 11.3 Å². The van der Waals surface area contributed by atoms with Crippen LogP contribution in [0.15, 0.2) is 46.8 Å². The summed E-state index contributed by atoms with van der Waals surface area (Å²) in [6, 6.07) is 7.35. The normalized spacial score (nSPS) is 22.2. The number of carbonyl (C=O) groups excluding carboxylic acids is 4. The second-order valence-corrected chi connectivity index (χ2v) is 14.7. The molecule has 276 valence electrons. The Labute approximate surface area is 302 Å². The van der Waals surface area contributed by atoms with Gasteiger partial charge in [0.05, 0.1) is 0 Å². The summed E-state index contributed by atoms with van der Waals surface area (Å²) in [6.45, 7) is 0.725. The first-order valence-electron chi connectivity index (χ1n) is 17.9. The topological polar surface area (TPSA) is 227 Å². The zero-order valence-corrected chi connectivity index (χ0v) is 29.7. The zero-order chi connectivity index (χ0) is 36.5. The molecule has 15 heteroatoms. The van der Waals surface area contributed by atoms with E-state index in [1.807, 2.05) is 41.8 Å². The van der Waals surface area contributed by atoms with Crippen LogP contribution < -0.4 is 27.8 Å². The maximum atomic E-state index is 15.0. The number of thiophene rings is 1. The lowest BCUT2D eigenvalue weighted by Crippen LogP contribution is -2.61. The van der Waals surface area contributed by atoms with Crippen molar-refractivity contribution in [3.8, 4) is 0 Å². The minimum atomic E-state index is -1.19. The van der Waals surface area contributed by atoms with Gasteiger partial charge in [-0.15, -0.1) is 11.3 Å². The van der Waals surface area contributed by atoms with Gasteiger partial charge in [0.15, 0.2) is 5.96 Å². The SMILES string of the molecule is NCCCC(=O)N[C@@H](Cc1cccs1)C(=O)N1Cc2ccccc2C[C@@H]1C(=O)N1[C@H](C(=O)N[C@@H](CCCN=C(N)N)C(=O)O)C[C@@H]2CCCC[C@@H]21. The summed E-state index contributed by atoms with van der Waals surface area (Å²) in [7, 11) is 0. The lowest BCUT2D eigenvalue weighted by Gasteiger charge is -2.42. The van der Waals surface area contributed by atoms with Gasteiger partial charge in [-0.1, -0.05) is 43.2 Å². The molecule has 0 unspecified atom stereocenters. The van der Waals surface area contributed by atoms with E-state index in [9.17, 15) is 29.1 Å². The van der Waals surface area contributed by atoms with Gasteiger partial charge in [-0.2, -0.15) is 0 Å². The Kier molecular flexibility index (Phi) is 13.0. The van der Waals surface area contributed by atoms with Crippen molar-refractivity contribution in [3.05, 3.63) is 57.8 Å². The summed E-state index contributed by atoms with van der Waals surface area (Å²) in [6.07, 6.45) is 5.48. The number of carboxylic acid groups (broad SMARTS) is 1. The summed E-state index contributed by atoms with van der Waals surface area (Å²) in [5.74, 6) is -2.73. The van der Waals surface area contributed by atoms with E-state index in [1.54, 1.807) is 9.80 Å². The van der Waals surface area contributed by atoms with E-state index in [-0.39, 0.29) is 74.4 Å². The van der Waals surface area contributed by atoms with Crippen molar-refractivity contribution in [2.24, 2.45) is 28.1 Å². The maximum absolute atomic E-state index is 15.0. The number of aliphatic imine (C=N–C) groups is 1. The molecule has 2 aromatic rings. The van der Waals surface area contributed by atoms with Crippen molar-refractivity contribution in [1.82, 2.24) is 20.4 Å². The third kappa shape index (κ3) is 9.44. The lowest BCUT2D eigenvalue weighted by atomic mass is 9.84. The van der Waals surface area contributed by atoms with Crippen molar-refractivity contribution < 1.29 is 29.1 Å². The van der Waals surface area contributed by atoms with Crippen LogP contribution in [0.25, 0.3) is 0 Å². The van der Waals surface area contributed by atoms with Crippen LogP contribution in [-0.4, -0.2) is 93.8 Å². The van der Waals surface area contributed by atoms with Crippen LogP contribution in [0.2, 0.25) is 0 Å². The summed E-state index contributed by atoms with van der Waals surface area (Å²) >= 11 is 1.49. The number of hydrogen-bond donors (Lipinski definition) is 6. The molecule has 1 aromatic carbocycles. The predicted octanol–water partition coefficient (Wildman–Crippen LogP) is 1.25. The highest BCUT2D eigenvalue weighted by Gasteiger charge is 2.51. The van der Waals surface area contributed by atoms with Crippen molar-refractivity contribution >= 4 is 46.9 Å². The van der Waals surface area contributed by atoms with E-state index < -0.39 is 36.0 Å². The fourth-order valence-corrected chi connectivity index (χ4v) is 8.50. The average Bonchev–Trinajstić information content (AvgIpc) is 3.78. The molecule has 1 aromatic heterocycles. The number of rotatable bonds is 15. The average molecular weight is 723 g/mol. The number of nitrogens with zero attached hydrogens (tertiary/aromatic N) is 3. The number of fused-ring (bicyclic) bond motifs is 2. The molecule has 1 saturated heterocycles. The molecule has 2 fully saturated rings. The van der Waals surface area contributed by atoms with Crippen LogP contribution in [-0.2, 0) is 43.4 Å². The number of nitrogens with one attached hydrogen (secondary N) is 2. The predicted molar refractivity (Wildman–Crippen MR) is 193 cm³/mol. The maximum Gasteiger partial charge on any atom is 0.326 e. The highest BCUT2D eigenvalue weighted by atomic mass is 32.1. The van der Waals surface area contributed by atoms with Gasteiger partial charge >= 0.3 is 5.97 Å². The molecular weight excluding hydrogens is 673 g/mol. The molecular formula is C36H50N8O6S. The van der Waals surface area contributed by atoms with Crippen LogP contribution in [0, 0.1) is 5.92 Å². The molecule has 1 aliphatic carbocycles. The van der Waals surface area contributed by atoms with Crippen molar-refractivity contribution in [2.45, 2.75) is 107 Å². The van der Waals surface area contributed by atoms with Crippen LogP contribution in [0.3, 0.4) is 0 Å². The van der Waals surface area contributed by atoms with Crippen LogP contribution >= 0.6 is 11.3 Å². The molecule has 5 rings (SSSR count). The minimum absolute atomic E-state index is 0.0806. The second-order valence-electron chi connectivity index (χ2n) is 13.7. The smallest absolute Gasteiger partial charge is 0.326 e. The number of benzene rings is 1. The third-order valence-electron chi connectivity index (χ3n) is 10.2. The highest BCUT2D eigenvalue weighted by molar-refractivity contribution is 7.09. The Balaban J connectivity index is 1.44. The van der Waals surface area contributed by atoms with E-state index in [0.717, 1.165) is 41.7 Å². The molecule has 14 nitrogen and oxygen atoms in total. The van der Waals surface area contributed by atoms with E-state index in [2.05, 4.69) is 15.6 Å². The molecule has 51 heavy (non-hydrogen) atoms. The van der Waals surface area contributed by atoms with Gasteiger partial charge in [0.25, 0.3) is 0 Å². The van der Waals surface area contributed by atoms with E-state index in [0.29, 0.717) is 25.8 Å². The first-order valence-corrected chi connectivity index (χ1v) is 18.7. The van der Waals surface area contributed by atoms with Gasteiger partial charge in [-0.05, 0) is 73.6 Å². The van der Waals surface area contributed by atoms with Gasteiger partial charge < -0.3 is 42.7 Å². The van der Waals surface area contributed by atoms with Crippen molar-refractivity contribution in [2.75, 3.05) is 13.1 Å². The van der Waals surface area contributed by atoms with Gasteiger partial charge in [0.2, 0.25) is 23.6 Å². The number of amides is 4. The Bertz CT molecular complexity index is 1580. The Morgan fingerprint density at radius 2 is 1.73 bits per heavy atom. The number of carboxylic acids is 1. The molecule has 6 atom stereocenters. The fourth-order valence-electron chi connectivity index (χ4n) is 7.75. The third-order valence-corrected chi connectivity index (χ3v) is 11.1. The Hall–Kier alpha value is -4.50. The Morgan fingerprint density at radius 3 is 2.43 bits per heavy atom. The van der Waals surface area contributed by atoms with Crippen LogP contribution in [0.5, 0.6) is 0 Å². The number of carbonyl (C=O) groups is 5. The number of nitrogens with two attached hydrogens (primary N) is 3. The second kappa shape index (κ2) is 17.6. The molecule has 9 N–H and O–H groups in total. The summed E-state index contributed by atoms with van der Waals surface area (Å²) in [5.41, 5.74) is 18.3. The lowest BCUT2D eigenvalue weighted by molar-refractivity contribution is -0.153. The summed E-state index contributed by atoms with van der Waals surface area (Å²) in [5, 5.41) is 17.5. The molecule has 0 radical (unpaired) electrons. The minimum Gasteiger partial charge on any atom is -0.480 e. The van der Waals surface area contributed by atoms with Crippen molar-refractivity contribution in [1.29, 1.82) is 0 Å².